The predicted octanol–water partition coefficient (Wildman–Crippen LogP) is 2.46. The van der Waals surface area contributed by atoms with Crippen molar-refractivity contribution < 1.29 is 14.0 Å². The molecule has 0 radical (unpaired) electrons. The van der Waals surface area contributed by atoms with Gasteiger partial charge in [-0.1, -0.05) is 37.8 Å². The van der Waals surface area contributed by atoms with Crippen molar-refractivity contribution >= 4 is 11.9 Å². The van der Waals surface area contributed by atoms with Crippen molar-refractivity contribution in [1.29, 1.82) is 0 Å². The summed E-state index contributed by atoms with van der Waals surface area (Å²) in [6, 6.07) is 5.71. The molecule has 3 amide bonds. The van der Waals surface area contributed by atoms with Gasteiger partial charge in [0.25, 0.3) is 0 Å². The fourth-order valence-electron chi connectivity index (χ4n) is 2.71. The molecule has 1 aromatic rings. The molecule has 1 aliphatic rings. The number of carbonyl (C=O) groups is 2. The first-order valence-corrected chi connectivity index (χ1v) is 8.19. The minimum atomic E-state index is -0.412. The van der Waals surface area contributed by atoms with E-state index < -0.39 is 6.03 Å². The van der Waals surface area contributed by atoms with Gasteiger partial charge >= 0.3 is 6.03 Å². The summed E-state index contributed by atoms with van der Waals surface area (Å²) < 4.78 is 12.8. The van der Waals surface area contributed by atoms with E-state index in [1.807, 2.05) is 0 Å². The number of hydrogen-bond acceptors (Lipinski definition) is 2. The second kappa shape index (κ2) is 9.12. The molecule has 0 spiro atoms. The van der Waals surface area contributed by atoms with Crippen LogP contribution in [0.25, 0.3) is 0 Å². The van der Waals surface area contributed by atoms with E-state index in [-0.39, 0.29) is 30.9 Å². The minimum absolute atomic E-state index is 0.0360. The van der Waals surface area contributed by atoms with Crippen LogP contribution in [-0.4, -0.2) is 24.5 Å². The van der Waals surface area contributed by atoms with Crippen molar-refractivity contribution in [2.24, 2.45) is 0 Å². The Morgan fingerprint density at radius 2 is 1.65 bits per heavy atom. The smallest absolute Gasteiger partial charge is 0.315 e. The van der Waals surface area contributed by atoms with E-state index in [2.05, 4.69) is 16.0 Å². The lowest BCUT2D eigenvalue weighted by Crippen LogP contribution is -2.44. The molecule has 0 atom stereocenters. The highest BCUT2D eigenvalue weighted by molar-refractivity contribution is 5.84. The van der Waals surface area contributed by atoms with Crippen molar-refractivity contribution in [3.63, 3.8) is 0 Å². The van der Waals surface area contributed by atoms with Crippen molar-refractivity contribution in [2.75, 3.05) is 6.54 Å². The lowest BCUT2D eigenvalue weighted by molar-refractivity contribution is -0.120. The van der Waals surface area contributed by atoms with Gasteiger partial charge in [-0.3, -0.25) is 4.79 Å². The molecule has 0 bridgehead atoms. The Morgan fingerprint density at radius 1 is 1.00 bits per heavy atom. The van der Waals surface area contributed by atoms with Crippen molar-refractivity contribution in [1.82, 2.24) is 16.0 Å². The second-order valence-corrected chi connectivity index (χ2v) is 5.92. The van der Waals surface area contributed by atoms with Crippen LogP contribution in [0.3, 0.4) is 0 Å². The van der Waals surface area contributed by atoms with Crippen LogP contribution in [0.4, 0.5) is 9.18 Å². The number of carbonyl (C=O) groups excluding carboxylic acids is 2. The maximum Gasteiger partial charge on any atom is 0.315 e. The Kier molecular flexibility index (Phi) is 6.84. The van der Waals surface area contributed by atoms with Gasteiger partial charge in [0.2, 0.25) is 5.91 Å². The molecule has 0 aliphatic heterocycles. The van der Waals surface area contributed by atoms with Gasteiger partial charge in [-0.05, 0) is 30.5 Å². The van der Waals surface area contributed by atoms with Crippen LogP contribution in [0, 0.1) is 5.82 Å². The molecule has 126 valence electrons. The molecule has 0 unspecified atom stereocenters. The van der Waals surface area contributed by atoms with Crippen LogP contribution < -0.4 is 16.0 Å². The summed E-state index contributed by atoms with van der Waals surface area (Å²) in [5.74, 6) is -0.470. The Morgan fingerprint density at radius 3 is 2.30 bits per heavy atom. The van der Waals surface area contributed by atoms with Gasteiger partial charge in [-0.25, -0.2) is 9.18 Å². The van der Waals surface area contributed by atoms with Crippen LogP contribution in [0.1, 0.15) is 44.1 Å². The number of amides is 3. The zero-order valence-corrected chi connectivity index (χ0v) is 13.2. The number of nitrogens with one attached hydrogen (secondary N) is 3. The Bertz CT molecular complexity index is 511. The molecule has 1 aliphatic carbocycles. The first-order valence-electron chi connectivity index (χ1n) is 8.19. The zero-order valence-electron chi connectivity index (χ0n) is 13.2. The van der Waals surface area contributed by atoms with Crippen LogP contribution >= 0.6 is 0 Å². The van der Waals surface area contributed by atoms with Crippen LogP contribution in [-0.2, 0) is 11.3 Å². The third kappa shape index (κ3) is 6.67. The van der Waals surface area contributed by atoms with E-state index in [0.717, 1.165) is 31.2 Å². The summed E-state index contributed by atoms with van der Waals surface area (Å²) in [5, 5.41) is 8.14. The van der Waals surface area contributed by atoms with E-state index in [4.69, 9.17) is 0 Å². The third-order valence-corrected chi connectivity index (χ3v) is 4.00. The van der Waals surface area contributed by atoms with Gasteiger partial charge in [0, 0.05) is 12.6 Å². The molecule has 0 heterocycles. The maximum absolute atomic E-state index is 12.8. The highest BCUT2D eigenvalue weighted by Gasteiger charge is 2.14. The number of halogens is 1. The standard InChI is InChI=1S/C17H24FN3O2/c18-14-9-7-13(8-10-14)11-19-17(23)20-12-16(22)21-15-5-3-1-2-4-6-15/h7-10,15H,1-6,11-12H2,(H,21,22)(H2,19,20,23). The average molecular weight is 321 g/mol. The monoisotopic (exact) mass is 321 g/mol. The van der Waals surface area contributed by atoms with Gasteiger partial charge in [0.15, 0.2) is 0 Å². The number of benzene rings is 1. The summed E-state index contributed by atoms with van der Waals surface area (Å²) in [5.41, 5.74) is 0.796. The summed E-state index contributed by atoms with van der Waals surface area (Å²) in [6.07, 6.45) is 6.80. The van der Waals surface area contributed by atoms with Crippen molar-refractivity contribution in [3.05, 3.63) is 35.6 Å². The topological polar surface area (TPSA) is 70.2 Å². The van der Waals surface area contributed by atoms with E-state index in [1.54, 1.807) is 12.1 Å². The van der Waals surface area contributed by atoms with E-state index >= 15 is 0 Å². The van der Waals surface area contributed by atoms with E-state index in [1.165, 1.54) is 25.0 Å². The highest BCUT2D eigenvalue weighted by atomic mass is 19.1. The molecule has 0 aromatic heterocycles. The molecule has 2 rings (SSSR count). The largest absolute Gasteiger partial charge is 0.352 e. The van der Waals surface area contributed by atoms with Crippen LogP contribution in [0.15, 0.2) is 24.3 Å². The molecule has 1 fully saturated rings. The highest BCUT2D eigenvalue weighted by Crippen LogP contribution is 2.16. The van der Waals surface area contributed by atoms with Crippen LogP contribution in [0.5, 0.6) is 0 Å². The quantitative estimate of drug-likeness (QED) is 0.729. The van der Waals surface area contributed by atoms with Gasteiger partial charge in [-0.15, -0.1) is 0 Å². The summed E-state index contributed by atoms with van der Waals surface area (Å²) in [6.45, 7) is 0.252. The molecular formula is C17H24FN3O2. The van der Waals surface area contributed by atoms with Crippen molar-refractivity contribution in [2.45, 2.75) is 51.1 Å². The lowest BCUT2D eigenvalue weighted by Gasteiger charge is -2.16. The first kappa shape index (κ1) is 17.2. The molecule has 1 saturated carbocycles. The summed E-state index contributed by atoms with van der Waals surface area (Å²) >= 11 is 0. The number of hydrogen-bond donors (Lipinski definition) is 3. The second-order valence-electron chi connectivity index (χ2n) is 5.92. The van der Waals surface area contributed by atoms with Gasteiger partial charge in [-0.2, -0.15) is 0 Å². The van der Waals surface area contributed by atoms with Gasteiger partial charge in [0.05, 0.1) is 6.54 Å². The Labute approximate surface area is 136 Å². The number of urea groups is 1. The Balaban J connectivity index is 1.63. The lowest BCUT2D eigenvalue weighted by atomic mass is 10.1. The SMILES string of the molecule is O=C(CNC(=O)NCc1ccc(F)cc1)NC1CCCCCC1. The first-order chi connectivity index (χ1) is 11.1. The molecule has 5 nitrogen and oxygen atoms in total. The van der Waals surface area contributed by atoms with Crippen LogP contribution in [0.2, 0.25) is 0 Å². The Hall–Kier alpha value is -2.11. The predicted molar refractivity (Wildman–Crippen MR) is 86.3 cm³/mol. The fraction of sp³-hybridized carbons (Fsp3) is 0.529. The summed E-state index contributed by atoms with van der Waals surface area (Å²) in [4.78, 5) is 23.5. The average Bonchev–Trinajstić information content (AvgIpc) is 2.81. The van der Waals surface area contributed by atoms with Crippen molar-refractivity contribution in [3.8, 4) is 0 Å². The maximum atomic E-state index is 12.8. The minimum Gasteiger partial charge on any atom is -0.352 e. The molecule has 3 N–H and O–H groups in total. The normalized spacial score (nSPS) is 15.5. The molecule has 1 aromatic carbocycles. The number of rotatable bonds is 5. The molecule has 6 heteroatoms. The van der Waals surface area contributed by atoms with Gasteiger partial charge < -0.3 is 16.0 Å². The molecule has 0 saturated heterocycles. The van der Waals surface area contributed by atoms with Gasteiger partial charge in [0.1, 0.15) is 5.82 Å². The molecular weight excluding hydrogens is 297 g/mol. The van der Waals surface area contributed by atoms with E-state index in [0.29, 0.717) is 0 Å². The molecule has 23 heavy (non-hydrogen) atoms. The summed E-state index contributed by atoms with van der Waals surface area (Å²) in [7, 11) is 0. The zero-order chi connectivity index (χ0) is 16.5. The fourth-order valence-corrected chi connectivity index (χ4v) is 2.71. The third-order valence-electron chi connectivity index (χ3n) is 4.00. The van der Waals surface area contributed by atoms with E-state index in [9.17, 15) is 14.0 Å².